The fraction of sp³-hybridized carbons (Fsp3) is 0.190. The first-order chi connectivity index (χ1) is 14.1. The van der Waals surface area contributed by atoms with Crippen LogP contribution in [0.5, 0.6) is 0 Å². The van der Waals surface area contributed by atoms with E-state index in [0.717, 1.165) is 23.8 Å². The van der Waals surface area contributed by atoms with Gasteiger partial charge in [0.1, 0.15) is 0 Å². The predicted octanol–water partition coefficient (Wildman–Crippen LogP) is 6.15. The minimum atomic E-state index is -4.80. The highest BCUT2D eigenvalue weighted by Crippen LogP contribution is 2.48. The summed E-state index contributed by atoms with van der Waals surface area (Å²) in [7, 11) is 0. The molecule has 0 spiro atoms. The molecule has 2 N–H and O–H groups in total. The van der Waals surface area contributed by atoms with Gasteiger partial charge < -0.3 is 5.32 Å². The Morgan fingerprint density at radius 2 is 1.83 bits per heavy atom. The maximum absolute atomic E-state index is 14.1. The summed E-state index contributed by atoms with van der Waals surface area (Å²) in [4.78, 5) is 16.9. The van der Waals surface area contributed by atoms with Crippen LogP contribution >= 0.6 is 23.2 Å². The van der Waals surface area contributed by atoms with Crippen LogP contribution in [0.1, 0.15) is 23.6 Å². The molecule has 0 saturated carbocycles. The van der Waals surface area contributed by atoms with Gasteiger partial charge in [-0.15, -0.1) is 0 Å². The lowest BCUT2D eigenvalue weighted by atomic mass is 9.91. The van der Waals surface area contributed by atoms with E-state index in [4.69, 9.17) is 28.0 Å². The highest BCUT2D eigenvalue weighted by molar-refractivity contribution is 6.34. The van der Waals surface area contributed by atoms with Gasteiger partial charge in [-0.2, -0.15) is 13.2 Å². The van der Waals surface area contributed by atoms with E-state index in [1.165, 1.54) is 12.1 Å². The van der Waals surface area contributed by atoms with E-state index in [0.29, 0.717) is 11.3 Å². The van der Waals surface area contributed by atoms with Crippen molar-refractivity contribution in [3.05, 3.63) is 81.4 Å². The molecule has 0 aliphatic carbocycles. The van der Waals surface area contributed by atoms with E-state index in [1.54, 1.807) is 38.1 Å². The van der Waals surface area contributed by atoms with Gasteiger partial charge in [0.15, 0.2) is 0 Å². The lowest BCUT2D eigenvalue weighted by Crippen LogP contribution is -2.42. The van der Waals surface area contributed by atoms with Crippen LogP contribution in [0.15, 0.2) is 54.6 Å². The molecular weight excluding hydrogens is 440 g/mol. The molecule has 0 bridgehead atoms. The lowest BCUT2D eigenvalue weighted by Gasteiger charge is -2.28. The third-order valence-electron chi connectivity index (χ3n) is 4.51. The number of allylic oxidation sites excluding steroid dienone is 1. The fourth-order valence-electron chi connectivity index (χ4n) is 3.00. The van der Waals surface area contributed by atoms with E-state index in [9.17, 15) is 18.0 Å². The molecule has 158 valence electrons. The van der Waals surface area contributed by atoms with Crippen molar-refractivity contribution >= 4 is 40.5 Å². The second-order valence-corrected chi connectivity index (χ2v) is 7.55. The number of carbonyl (C=O) groups excluding carboxylic acids is 1. The second kappa shape index (κ2) is 8.34. The van der Waals surface area contributed by atoms with Crippen LogP contribution in [-0.2, 0) is 15.2 Å². The number of hydrogen-bond donors (Lipinski definition) is 2. The summed E-state index contributed by atoms with van der Waals surface area (Å²) >= 11 is 11.8. The van der Waals surface area contributed by atoms with Crippen molar-refractivity contribution in [1.82, 2.24) is 5.48 Å². The Labute approximate surface area is 181 Å². The Hall–Kier alpha value is -2.48. The van der Waals surface area contributed by atoms with Gasteiger partial charge >= 0.3 is 6.18 Å². The summed E-state index contributed by atoms with van der Waals surface area (Å²) < 4.78 is 42.3. The van der Waals surface area contributed by atoms with E-state index in [2.05, 4.69) is 10.8 Å². The van der Waals surface area contributed by atoms with Gasteiger partial charge in [-0.05, 0) is 55.8 Å². The first kappa shape index (κ1) is 22.2. The molecule has 1 aliphatic rings. The SMILES string of the molecule is CC=CC(=O)Nc1cc(C2=CC(c3cc(Cl)cc(Cl)c3)(C(F)(F)F)ON2)ccc1C. The average molecular weight is 457 g/mol. The Balaban J connectivity index is 2.06. The highest BCUT2D eigenvalue weighted by Gasteiger charge is 2.59. The van der Waals surface area contributed by atoms with Crippen molar-refractivity contribution in [2.24, 2.45) is 0 Å². The molecule has 2 aromatic rings. The van der Waals surface area contributed by atoms with Crippen molar-refractivity contribution in [3.8, 4) is 0 Å². The van der Waals surface area contributed by atoms with Crippen LogP contribution in [0.2, 0.25) is 10.0 Å². The van der Waals surface area contributed by atoms with E-state index in [-0.39, 0.29) is 27.2 Å². The van der Waals surface area contributed by atoms with Crippen molar-refractivity contribution in [2.75, 3.05) is 5.32 Å². The molecule has 30 heavy (non-hydrogen) atoms. The molecule has 4 nitrogen and oxygen atoms in total. The molecule has 3 rings (SSSR count). The standard InChI is InChI=1S/C21H17Cl2F3N2O2/c1-3-4-19(29)27-17-7-13(6-5-12(17)2)18-11-20(30-28-18,21(24,25)26)14-8-15(22)10-16(23)9-14/h3-11,28H,1-2H3,(H,27,29). The topological polar surface area (TPSA) is 50.4 Å². The quantitative estimate of drug-likeness (QED) is 0.542. The van der Waals surface area contributed by atoms with Crippen molar-refractivity contribution in [2.45, 2.75) is 25.6 Å². The average Bonchev–Trinajstić information content (AvgIpc) is 3.10. The zero-order valence-electron chi connectivity index (χ0n) is 15.9. The molecule has 9 heteroatoms. The molecule has 2 aromatic carbocycles. The van der Waals surface area contributed by atoms with Crippen LogP contribution in [0.3, 0.4) is 0 Å². The minimum absolute atomic E-state index is 0.0517. The number of alkyl halides is 3. The third kappa shape index (κ3) is 4.33. The Kier molecular flexibility index (Phi) is 6.17. The number of halogens is 5. The van der Waals surface area contributed by atoms with Crippen LogP contribution < -0.4 is 10.8 Å². The van der Waals surface area contributed by atoms with E-state index in [1.807, 2.05) is 0 Å². The number of carbonyl (C=O) groups is 1. The van der Waals surface area contributed by atoms with Crippen LogP contribution in [-0.4, -0.2) is 12.1 Å². The number of hydrogen-bond acceptors (Lipinski definition) is 3. The zero-order chi connectivity index (χ0) is 22.1. The van der Waals surface area contributed by atoms with E-state index >= 15 is 0 Å². The van der Waals surface area contributed by atoms with Crippen molar-refractivity contribution in [3.63, 3.8) is 0 Å². The van der Waals surface area contributed by atoms with Gasteiger partial charge in [-0.3, -0.25) is 15.1 Å². The monoisotopic (exact) mass is 456 g/mol. The maximum atomic E-state index is 14.1. The lowest BCUT2D eigenvalue weighted by molar-refractivity contribution is -0.269. The minimum Gasteiger partial charge on any atom is -0.322 e. The largest absolute Gasteiger partial charge is 0.428 e. The number of aryl methyl sites for hydroxylation is 1. The fourth-order valence-corrected chi connectivity index (χ4v) is 3.53. The highest BCUT2D eigenvalue weighted by atomic mass is 35.5. The Bertz CT molecular complexity index is 1030. The number of rotatable bonds is 4. The van der Waals surface area contributed by atoms with Gasteiger partial charge in [0.05, 0.1) is 5.70 Å². The molecular formula is C21H17Cl2F3N2O2. The molecule has 0 radical (unpaired) electrons. The van der Waals surface area contributed by atoms with Crippen molar-refractivity contribution < 1.29 is 22.8 Å². The van der Waals surface area contributed by atoms with Crippen LogP contribution in [0.4, 0.5) is 18.9 Å². The number of anilines is 1. The number of benzene rings is 2. The van der Waals surface area contributed by atoms with Gasteiger partial charge in [0.2, 0.25) is 11.5 Å². The molecule has 1 heterocycles. The summed E-state index contributed by atoms with van der Waals surface area (Å²) in [6.45, 7) is 3.47. The first-order valence-electron chi connectivity index (χ1n) is 8.80. The predicted molar refractivity (Wildman–Crippen MR) is 111 cm³/mol. The smallest absolute Gasteiger partial charge is 0.322 e. The third-order valence-corrected chi connectivity index (χ3v) is 4.94. The molecule has 1 aliphatic heterocycles. The maximum Gasteiger partial charge on any atom is 0.428 e. The normalized spacial score (nSPS) is 19.0. The second-order valence-electron chi connectivity index (χ2n) is 6.67. The number of hydroxylamine groups is 1. The van der Waals surface area contributed by atoms with Crippen LogP contribution in [0, 0.1) is 6.92 Å². The van der Waals surface area contributed by atoms with Crippen molar-refractivity contribution in [1.29, 1.82) is 0 Å². The van der Waals surface area contributed by atoms with E-state index < -0.39 is 11.8 Å². The molecule has 1 unspecified atom stereocenters. The summed E-state index contributed by atoms with van der Waals surface area (Å²) in [6, 6.07) is 8.52. The Morgan fingerprint density at radius 3 is 2.43 bits per heavy atom. The number of nitrogens with one attached hydrogen (secondary N) is 2. The van der Waals surface area contributed by atoms with Gasteiger partial charge in [0.25, 0.3) is 0 Å². The van der Waals surface area contributed by atoms with Gasteiger partial charge in [-0.1, -0.05) is 41.4 Å². The first-order valence-corrected chi connectivity index (χ1v) is 9.56. The van der Waals surface area contributed by atoms with Gasteiger partial charge in [-0.25, -0.2) is 0 Å². The summed E-state index contributed by atoms with van der Waals surface area (Å²) in [5, 5.41) is 2.80. The molecule has 0 aromatic heterocycles. The summed E-state index contributed by atoms with van der Waals surface area (Å²) in [6.07, 6.45) is -0.947. The molecule has 0 fully saturated rings. The summed E-state index contributed by atoms with van der Waals surface area (Å²) in [5.41, 5.74) is 1.02. The van der Waals surface area contributed by atoms with Crippen LogP contribution in [0.25, 0.3) is 5.70 Å². The molecule has 1 atom stereocenters. The Morgan fingerprint density at radius 1 is 1.17 bits per heavy atom. The molecule has 1 amide bonds. The number of amides is 1. The zero-order valence-corrected chi connectivity index (χ0v) is 17.4. The summed E-state index contributed by atoms with van der Waals surface area (Å²) in [5.74, 6) is -0.347. The molecule has 0 saturated heterocycles. The van der Waals surface area contributed by atoms with Gasteiger partial charge in [0, 0.05) is 26.9 Å².